The van der Waals surface area contributed by atoms with Crippen LogP contribution in [0.15, 0.2) is 77.1 Å². The van der Waals surface area contributed by atoms with Crippen LogP contribution >= 0.6 is 0 Å². The normalized spacial score (nSPS) is 24.8. The number of allylic oxidation sites excluding steroid dienone is 11. The van der Waals surface area contributed by atoms with E-state index < -0.39 is 0 Å². The number of rotatable bonds is 2. The summed E-state index contributed by atoms with van der Waals surface area (Å²) in [6.45, 7) is 4.56. The van der Waals surface area contributed by atoms with Crippen molar-refractivity contribution in [3.05, 3.63) is 77.1 Å². The second kappa shape index (κ2) is 3.61. The molecule has 1 unspecified atom stereocenters. The van der Waals surface area contributed by atoms with E-state index in [9.17, 15) is 0 Å². The highest BCUT2D eigenvalue weighted by Crippen LogP contribution is 2.44. The van der Waals surface area contributed by atoms with E-state index in [0.29, 0.717) is 5.92 Å². The molecule has 0 spiro atoms. The average Bonchev–Trinajstić information content (AvgIpc) is 2.99. The second-order valence-corrected chi connectivity index (χ2v) is 5.21. The Morgan fingerprint density at radius 3 is 2.65 bits per heavy atom. The highest BCUT2D eigenvalue weighted by molar-refractivity contribution is 5.55. The molecule has 0 aliphatic heterocycles. The molecule has 3 rings (SSSR count). The molecule has 0 heteroatoms. The fourth-order valence-corrected chi connectivity index (χ4v) is 2.72. The molecule has 0 heterocycles. The fourth-order valence-electron chi connectivity index (χ4n) is 2.72. The van der Waals surface area contributed by atoms with Crippen LogP contribution in [0, 0.1) is 11.3 Å². The molecule has 3 aliphatic rings. The van der Waals surface area contributed by atoms with Gasteiger partial charge in [0, 0.05) is 16.9 Å². The Kier molecular flexibility index (Phi) is 2.21. The van der Waals surface area contributed by atoms with Crippen molar-refractivity contribution in [1.29, 1.82) is 0 Å². The van der Waals surface area contributed by atoms with E-state index in [1.807, 2.05) is 6.08 Å². The minimum atomic E-state index is 0.0413. The standard InChI is InChI=1S/C17H16/c1-17(2,14-8-4-5-9-14)16-12-11-13-7-3-6-10-15(13)16/h3-8,10-13H,1-2H3. The molecule has 3 aliphatic carbocycles. The molecule has 1 atom stereocenters. The molecule has 0 nitrogen and oxygen atoms in total. The van der Waals surface area contributed by atoms with E-state index in [-0.39, 0.29) is 5.41 Å². The van der Waals surface area contributed by atoms with Gasteiger partial charge in [-0.25, -0.2) is 0 Å². The lowest BCUT2D eigenvalue weighted by molar-refractivity contribution is 0.564. The van der Waals surface area contributed by atoms with Crippen LogP contribution in [0.4, 0.5) is 0 Å². The summed E-state index contributed by atoms with van der Waals surface area (Å²) < 4.78 is 0. The van der Waals surface area contributed by atoms with Gasteiger partial charge in [-0.3, -0.25) is 0 Å². The highest BCUT2D eigenvalue weighted by Gasteiger charge is 2.32. The summed E-state index contributed by atoms with van der Waals surface area (Å²) >= 11 is 0. The van der Waals surface area contributed by atoms with Gasteiger partial charge in [0.1, 0.15) is 0 Å². The molecule has 0 fully saturated rings. The van der Waals surface area contributed by atoms with Gasteiger partial charge < -0.3 is 0 Å². The molecule has 0 aromatic carbocycles. The van der Waals surface area contributed by atoms with Gasteiger partial charge >= 0.3 is 0 Å². The molecule has 0 amide bonds. The van der Waals surface area contributed by atoms with Gasteiger partial charge in [-0.05, 0) is 23.3 Å². The van der Waals surface area contributed by atoms with E-state index in [1.165, 1.54) is 16.7 Å². The predicted molar refractivity (Wildman–Crippen MR) is 72.5 cm³/mol. The summed E-state index contributed by atoms with van der Waals surface area (Å²) in [5.41, 5.74) is 7.51. The van der Waals surface area contributed by atoms with Crippen LogP contribution in [0.1, 0.15) is 13.8 Å². The summed E-state index contributed by atoms with van der Waals surface area (Å²) in [5.74, 6) is 0.476. The molecule has 0 aromatic heterocycles. The maximum absolute atomic E-state index is 3.34. The van der Waals surface area contributed by atoms with Crippen LogP contribution in [-0.2, 0) is 0 Å². The van der Waals surface area contributed by atoms with Crippen LogP contribution in [0.5, 0.6) is 0 Å². The van der Waals surface area contributed by atoms with Crippen molar-refractivity contribution in [3.8, 4) is 0 Å². The lowest BCUT2D eigenvalue weighted by atomic mass is 9.75. The maximum atomic E-state index is 3.34. The van der Waals surface area contributed by atoms with Gasteiger partial charge in [-0.2, -0.15) is 0 Å². The summed E-state index contributed by atoms with van der Waals surface area (Å²) in [5, 5.41) is 0. The van der Waals surface area contributed by atoms with Gasteiger partial charge in [0.25, 0.3) is 0 Å². The fraction of sp³-hybridized carbons (Fsp3) is 0.235. The molecule has 0 aromatic rings. The molecule has 17 heavy (non-hydrogen) atoms. The SMILES string of the molecule is CC(C)(C1=C=CC=C1)C1=C2C=CC=CC2C=C1. The smallest absolute Gasteiger partial charge is 0.0222 e. The predicted octanol–water partition coefficient (Wildman–Crippen LogP) is 4.27. The van der Waals surface area contributed by atoms with Crippen molar-refractivity contribution in [1.82, 2.24) is 0 Å². The number of hydrogen-bond donors (Lipinski definition) is 0. The third-order valence-electron chi connectivity index (χ3n) is 3.79. The summed E-state index contributed by atoms with van der Waals surface area (Å²) in [4.78, 5) is 0. The van der Waals surface area contributed by atoms with Gasteiger partial charge in [0.15, 0.2) is 0 Å². The van der Waals surface area contributed by atoms with Gasteiger partial charge in [-0.15, -0.1) is 5.73 Å². The van der Waals surface area contributed by atoms with Crippen molar-refractivity contribution in [2.24, 2.45) is 11.3 Å². The Hall–Kier alpha value is -1.78. The zero-order valence-electron chi connectivity index (χ0n) is 10.3. The lowest BCUT2D eigenvalue weighted by Gasteiger charge is -2.27. The minimum Gasteiger partial charge on any atom is -0.116 e. The topological polar surface area (TPSA) is 0 Å². The van der Waals surface area contributed by atoms with Crippen molar-refractivity contribution in [3.63, 3.8) is 0 Å². The molecular weight excluding hydrogens is 204 g/mol. The van der Waals surface area contributed by atoms with E-state index in [0.717, 1.165) is 0 Å². The van der Waals surface area contributed by atoms with E-state index >= 15 is 0 Å². The lowest BCUT2D eigenvalue weighted by Crippen LogP contribution is -2.16. The number of hydrogen-bond acceptors (Lipinski definition) is 0. The average molecular weight is 220 g/mol. The first kappa shape index (κ1) is 10.4. The van der Waals surface area contributed by atoms with Gasteiger partial charge in [-0.1, -0.05) is 56.4 Å². The van der Waals surface area contributed by atoms with Crippen molar-refractivity contribution in [2.75, 3.05) is 0 Å². The van der Waals surface area contributed by atoms with Crippen LogP contribution in [0.2, 0.25) is 0 Å². The molecule has 0 N–H and O–H groups in total. The van der Waals surface area contributed by atoms with Gasteiger partial charge in [0.05, 0.1) is 0 Å². The van der Waals surface area contributed by atoms with Crippen LogP contribution in [0.3, 0.4) is 0 Å². The third-order valence-corrected chi connectivity index (χ3v) is 3.79. The monoisotopic (exact) mass is 220 g/mol. The van der Waals surface area contributed by atoms with E-state index in [1.54, 1.807) is 0 Å². The Balaban J connectivity index is 2.08. The third kappa shape index (κ3) is 1.53. The Labute approximate surface area is 103 Å². The zero-order valence-corrected chi connectivity index (χ0v) is 10.3. The molecular formula is C17H16. The quantitative estimate of drug-likeness (QED) is 0.609. The molecule has 84 valence electrons. The Bertz CT molecular complexity index is 565. The van der Waals surface area contributed by atoms with E-state index in [2.05, 4.69) is 68.2 Å². The van der Waals surface area contributed by atoms with Gasteiger partial charge in [0.2, 0.25) is 0 Å². The minimum absolute atomic E-state index is 0.0413. The molecule has 0 saturated carbocycles. The Morgan fingerprint density at radius 2 is 1.88 bits per heavy atom. The second-order valence-electron chi connectivity index (χ2n) is 5.21. The first-order valence-electron chi connectivity index (χ1n) is 6.11. The highest BCUT2D eigenvalue weighted by atomic mass is 14.3. The number of fused-ring (bicyclic) bond motifs is 1. The largest absolute Gasteiger partial charge is 0.116 e. The van der Waals surface area contributed by atoms with Crippen molar-refractivity contribution < 1.29 is 0 Å². The van der Waals surface area contributed by atoms with Crippen molar-refractivity contribution >= 4 is 0 Å². The Morgan fingerprint density at radius 1 is 1.00 bits per heavy atom. The van der Waals surface area contributed by atoms with E-state index in [4.69, 9.17) is 0 Å². The van der Waals surface area contributed by atoms with Crippen LogP contribution in [0.25, 0.3) is 0 Å². The first-order chi connectivity index (χ1) is 8.19. The molecule has 0 bridgehead atoms. The first-order valence-corrected chi connectivity index (χ1v) is 6.11. The summed E-state index contributed by atoms with van der Waals surface area (Å²) in [6.07, 6.45) is 19.5. The summed E-state index contributed by atoms with van der Waals surface area (Å²) in [7, 11) is 0. The maximum Gasteiger partial charge on any atom is 0.0222 e. The zero-order chi connectivity index (χ0) is 11.9. The molecule has 0 saturated heterocycles. The van der Waals surface area contributed by atoms with Crippen molar-refractivity contribution in [2.45, 2.75) is 13.8 Å². The molecule has 0 radical (unpaired) electrons. The van der Waals surface area contributed by atoms with Crippen LogP contribution < -0.4 is 0 Å². The summed E-state index contributed by atoms with van der Waals surface area (Å²) in [6, 6.07) is 0. The van der Waals surface area contributed by atoms with Crippen LogP contribution in [-0.4, -0.2) is 0 Å².